The van der Waals surface area contributed by atoms with Crippen LogP contribution in [0.2, 0.25) is 0 Å². The number of anilines is 1. The van der Waals surface area contributed by atoms with Crippen LogP contribution in [0.1, 0.15) is 6.42 Å². The second kappa shape index (κ2) is 4.95. The maximum atomic E-state index is 11.3. The molecule has 0 aliphatic heterocycles. The van der Waals surface area contributed by atoms with E-state index in [0.717, 1.165) is 16.8 Å². The Morgan fingerprint density at radius 1 is 1.56 bits per heavy atom. The summed E-state index contributed by atoms with van der Waals surface area (Å²) in [5.74, 6) is 1.12. The molecule has 2 rings (SSSR count). The minimum Gasteiger partial charge on any atom is -0.497 e. The number of ether oxygens (including phenoxy) is 1. The van der Waals surface area contributed by atoms with Gasteiger partial charge in [0, 0.05) is 26.1 Å². The number of nitrogens with one attached hydrogen (secondary N) is 1. The van der Waals surface area contributed by atoms with Crippen molar-refractivity contribution in [1.29, 1.82) is 0 Å². The fraction of sp³-hybridized carbons (Fsp3) is 0.333. The van der Waals surface area contributed by atoms with Crippen LogP contribution in [0.3, 0.4) is 0 Å². The summed E-state index contributed by atoms with van der Waals surface area (Å²) >= 11 is 0. The van der Waals surface area contributed by atoms with Gasteiger partial charge in [-0.2, -0.15) is 0 Å². The summed E-state index contributed by atoms with van der Waals surface area (Å²) in [5, 5.41) is 2.58. The van der Waals surface area contributed by atoms with Crippen LogP contribution < -0.4 is 15.8 Å². The van der Waals surface area contributed by atoms with Gasteiger partial charge in [0.1, 0.15) is 5.75 Å². The highest BCUT2D eigenvalue weighted by Gasteiger charge is 2.10. The Morgan fingerprint density at radius 3 is 3.00 bits per heavy atom. The van der Waals surface area contributed by atoms with Gasteiger partial charge in [-0.15, -0.1) is 0 Å². The molecule has 0 bridgehead atoms. The fourth-order valence-electron chi connectivity index (χ4n) is 1.82. The van der Waals surface area contributed by atoms with E-state index >= 15 is 0 Å². The first kappa shape index (κ1) is 12.2. The summed E-state index contributed by atoms with van der Waals surface area (Å²) < 4.78 is 6.98. The molecule has 0 saturated carbocycles. The average molecular weight is 248 g/mol. The number of aromatic nitrogens is 2. The van der Waals surface area contributed by atoms with E-state index in [-0.39, 0.29) is 5.91 Å². The molecule has 0 radical (unpaired) electrons. The number of aryl methyl sites for hydroxylation is 1. The smallest absolute Gasteiger partial charge is 0.221 e. The van der Waals surface area contributed by atoms with E-state index in [4.69, 9.17) is 10.5 Å². The lowest BCUT2D eigenvalue weighted by Gasteiger charge is -2.06. The highest BCUT2D eigenvalue weighted by atomic mass is 16.5. The molecule has 96 valence electrons. The van der Waals surface area contributed by atoms with Crippen LogP contribution in [-0.4, -0.2) is 29.6 Å². The molecule has 0 unspecified atom stereocenters. The summed E-state index contributed by atoms with van der Waals surface area (Å²) in [7, 11) is 3.22. The standard InChI is InChI=1S/C12H16N4O2/c1-14-11(17)5-6-16-10-7-8(18-2)3-4-9(10)15-12(16)13/h3-4,7H,5-6H2,1-2H3,(H2,13,15)(H,14,17). The SMILES string of the molecule is CNC(=O)CCn1c(N)nc2ccc(OC)cc21. The molecule has 2 aromatic rings. The lowest BCUT2D eigenvalue weighted by molar-refractivity contribution is -0.120. The van der Waals surface area contributed by atoms with Crippen molar-refractivity contribution in [3.8, 4) is 5.75 Å². The lowest BCUT2D eigenvalue weighted by Crippen LogP contribution is -2.19. The van der Waals surface area contributed by atoms with E-state index in [1.165, 1.54) is 0 Å². The van der Waals surface area contributed by atoms with Gasteiger partial charge >= 0.3 is 0 Å². The van der Waals surface area contributed by atoms with Gasteiger partial charge in [0.15, 0.2) is 0 Å². The van der Waals surface area contributed by atoms with Gasteiger partial charge in [-0.1, -0.05) is 0 Å². The van der Waals surface area contributed by atoms with Crippen LogP contribution >= 0.6 is 0 Å². The molecule has 0 spiro atoms. The van der Waals surface area contributed by atoms with Crippen molar-refractivity contribution >= 4 is 22.9 Å². The van der Waals surface area contributed by atoms with Crippen molar-refractivity contribution in [3.05, 3.63) is 18.2 Å². The predicted molar refractivity (Wildman–Crippen MR) is 69.4 cm³/mol. The van der Waals surface area contributed by atoms with Crippen molar-refractivity contribution in [2.45, 2.75) is 13.0 Å². The average Bonchev–Trinajstić information content (AvgIpc) is 2.70. The Kier molecular flexibility index (Phi) is 3.36. The summed E-state index contributed by atoms with van der Waals surface area (Å²) in [6, 6.07) is 5.54. The van der Waals surface area contributed by atoms with E-state index in [0.29, 0.717) is 18.9 Å². The molecule has 18 heavy (non-hydrogen) atoms. The van der Waals surface area contributed by atoms with E-state index in [9.17, 15) is 4.79 Å². The van der Waals surface area contributed by atoms with E-state index < -0.39 is 0 Å². The molecule has 1 aromatic carbocycles. The number of hydrogen-bond donors (Lipinski definition) is 2. The third kappa shape index (κ3) is 2.22. The Morgan fingerprint density at radius 2 is 2.33 bits per heavy atom. The van der Waals surface area contributed by atoms with Crippen LogP contribution in [0.15, 0.2) is 18.2 Å². The fourth-order valence-corrected chi connectivity index (χ4v) is 1.82. The summed E-state index contributed by atoms with van der Waals surface area (Å²) in [6.45, 7) is 0.495. The quantitative estimate of drug-likeness (QED) is 0.837. The van der Waals surface area contributed by atoms with Gasteiger partial charge in [-0.25, -0.2) is 4.98 Å². The molecule has 0 aliphatic rings. The van der Waals surface area contributed by atoms with Crippen molar-refractivity contribution in [3.63, 3.8) is 0 Å². The molecule has 0 fully saturated rings. The zero-order valence-corrected chi connectivity index (χ0v) is 10.4. The van der Waals surface area contributed by atoms with Gasteiger partial charge in [-0.05, 0) is 12.1 Å². The number of imidazole rings is 1. The van der Waals surface area contributed by atoms with E-state index in [2.05, 4.69) is 10.3 Å². The second-order valence-electron chi connectivity index (χ2n) is 3.90. The van der Waals surface area contributed by atoms with Crippen LogP contribution in [0.4, 0.5) is 5.95 Å². The first-order chi connectivity index (χ1) is 8.65. The Bertz CT molecular complexity index is 577. The number of nitrogens with zero attached hydrogens (tertiary/aromatic N) is 2. The normalized spacial score (nSPS) is 10.6. The zero-order valence-electron chi connectivity index (χ0n) is 10.4. The largest absolute Gasteiger partial charge is 0.497 e. The zero-order chi connectivity index (χ0) is 13.1. The maximum absolute atomic E-state index is 11.3. The number of methoxy groups -OCH3 is 1. The molecule has 6 heteroatoms. The van der Waals surface area contributed by atoms with Crippen LogP contribution in [0.5, 0.6) is 5.75 Å². The number of carbonyl (C=O) groups excluding carboxylic acids is 1. The molecule has 1 amide bonds. The molecular weight excluding hydrogens is 232 g/mol. The number of fused-ring (bicyclic) bond motifs is 1. The number of nitrogen functional groups attached to an aromatic ring is 1. The molecular formula is C12H16N4O2. The second-order valence-corrected chi connectivity index (χ2v) is 3.90. The topological polar surface area (TPSA) is 82.2 Å². The molecule has 1 heterocycles. The summed E-state index contributed by atoms with van der Waals surface area (Å²) in [5.41, 5.74) is 7.52. The van der Waals surface area contributed by atoms with Gasteiger partial charge in [0.25, 0.3) is 0 Å². The molecule has 3 N–H and O–H groups in total. The Labute approximate surface area is 105 Å². The number of rotatable bonds is 4. The van der Waals surface area contributed by atoms with Crippen LogP contribution in [0, 0.1) is 0 Å². The van der Waals surface area contributed by atoms with Crippen LogP contribution in [-0.2, 0) is 11.3 Å². The molecule has 6 nitrogen and oxygen atoms in total. The number of benzene rings is 1. The van der Waals surface area contributed by atoms with Crippen molar-refractivity contribution in [2.24, 2.45) is 0 Å². The monoisotopic (exact) mass is 248 g/mol. The lowest BCUT2D eigenvalue weighted by atomic mass is 10.3. The van der Waals surface area contributed by atoms with Gasteiger partial charge in [0.05, 0.1) is 18.1 Å². The Balaban J connectivity index is 2.35. The third-order valence-electron chi connectivity index (χ3n) is 2.83. The van der Waals surface area contributed by atoms with Gasteiger partial charge in [-0.3, -0.25) is 4.79 Å². The highest BCUT2D eigenvalue weighted by molar-refractivity contribution is 5.80. The predicted octanol–water partition coefficient (Wildman–Crippen LogP) is 0.763. The molecule has 0 aliphatic carbocycles. The molecule has 0 saturated heterocycles. The maximum Gasteiger partial charge on any atom is 0.221 e. The minimum atomic E-state index is -0.0286. The van der Waals surface area contributed by atoms with Crippen LogP contribution in [0.25, 0.3) is 11.0 Å². The first-order valence-corrected chi connectivity index (χ1v) is 5.66. The third-order valence-corrected chi connectivity index (χ3v) is 2.83. The van der Waals surface area contributed by atoms with Crippen molar-refractivity contribution in [1.82, 2.24) is 14.9 Å². The van der Waals surface area contributed by atoms with E-state index in [1.54, 1.807) is 14.2 Å². The molecule has 1 aromatic heterocycles. The van der Waals surface area contributed by atoms with Gasteiger partial charge in [0.2, 0.25) is 11.9 Å². The molecule has 0 atom stereocenters. The van der Waals surface area contributed by atoms with Crippen molar-refractivity contribution < 1.29 is 9.53 Å². The number of carbonyl (C=O) groups is 1. The first-order valence-electron chi connectivity index (χ1n) is 5.66. The Hall–Kier alpha value is -2.24. The number of hydrogen-bond acceptors (Lipinski definition) is 4. The van der Waals surface area contributed by atoms with Crippen molar-refractivity contribution in [2.75, 3.05) is 19.9 Å². The number of nitrogens with two attached hydrogens (primary N) is 1. The summed E-state index contributed by atoms with van der Waals surface area (Å²) in [6.07, 6.45) is 0.364. The number of amides is 1. The minimum absolute atomic E-state index is 0.0286. The van der Waals surface area contributed by atoms with Gasteiger partial charge < -0.3 is 20.4 Å². The van der Waals surface area contributed by atoms with E-state index in [1.807, 2.05) is 22.8 Å². The summed E-state index contributed by atoms with van der Waals surface area (Å²) in [4.78, 5) is 15.5. The highest BCUT2D eigenvalue weighted by Crippen LogP contribution is 2.23.